The molecule has 0 atom stereocenters. The molecular formula is C9H10BN4. The van der Waals surface area contributed by atoms with Crippen LogP contribution in [0.1, 0.15) is 0 Å². The minimum Gasteiger partial charge on any atom is -0.399 e. The van der Waals surface area contributed by atoms with Gasteiger partial charge in [-0.15, -0.1) is 5.10 Å². The Morgan fingerprint density at radius 1 is 1.43 bits per heavy atom. The van der Waals surface area contributed by atoms with E-state index in [1.54, 1.807) is 4.59 Å². The van der Waals surface area contributed by atoms with Crippen molar-refractivity contribution in [2.24, 2.45) is 0 Å². The average molecular weight is 185 g/mol. The second-order valence-corrected chi connectivity index (χ2v) is 2.97. The highest BCUT2D eigenvalue weighted by Crippen LogP contribution is 2.17. The summed E-state index contributed by atoms with van der Waals surface area (Å²) in [6.45, 7) is 1.90. The van der Waals surface area contributed by atoms with E-state index in [1.165, 1.54) is 0 Å². The first-order valence-corrected chi connectivity index (χ1v) is 4.37. The Morgan fingerprint density at radius 2 is 2.29 bits per heavy atom. The van der Waals surface area contributed by atoms with Gasteiger partial charge in [0.1, 0.15) is 5.69 Å². The Labute approximate surface area is 83.0 Å². The maximum atomic E-state index is 5.67. The van der Waals surface area contributed by atoms with Gasteiger partial charge in [0.15, 0.2) is 0 Å². The molecule has 2 aromatic rings. The van der Waals surface area contributed by atoms with Crippen LogP contribution in [0.4, 0.5) is 5.69 Å². The summed E-state index contributed by atoms with van der Waals surface area (Å²) < 4.78 is 1.67. The highest BCUT2D eigenvalue weighted by atomic mass is 15.4. The van der Waals surface area contributed by atoms with Gasteiger partial charge in [-0.05, 0) is 12.1 Å². The fourth-order valence-electron chi connectivity index (χ4n) is 1.23. The molecule has 0 aliphatic rings. The van der Waals surface area contributed by atoms with Crippen LogP contribution in [0.2, 0.25) is 6.82 Å². The molecule has 0 bridgehead atoms. The molecule has 5 heteroatoms. The summed E-state index contributed by atoms with van der Waals surface area (Å²) in [7, 11) is 1.84. The van der Waals surface area contributed by atoms with E-state index in [-0.39, 0.29) is 0 Å². The van der Waals surface area contributed by atoms with E-state index >= 15 is 0 Å². The molecule has 2 N–H and O–H groups in total. The summed E-state index contributed by atoms with van der Waals surface area (Å²) in [6, 6.07) is 7.59. The van der Waals surface area contributed by atoms with Crippen LogP contribution in [0.25, 0.3) is 11.3 Å². The van der Waals surface area contributed by atoms with Gasteiger partial charge in [0.05, 0.1) is 0 Å². The lowest BCUT2D eigenvalue weighted by Crippen LogP contribution is -2.01. The minimum atomic E-state index is 0.734. The van der Waals surface area contributed by atoms with E-state index in [0.717, 1.165) is 16.9 Å². The van der Waals surface area contributed by atoms with E-state index in [4.69, 9.17) is 5.73 Å². The van der Waals surface area contributed by atoms with Crippen LogP contribution in [0.3, 0.4) is 0 Å². The molecule has 0 saturated carbocycles. The van der Waals surface area contributed by atoms with Crippen LogP contribution < -0.4 is 5.73 Å². The number of hydrogen-bond donors (Lipinski definition) is 1. The first-order valence-electron chi connectivity index (χ1n) is 4.37. The summed E-state index contributed by atoms with van der Waals surface area (Å²) in [4.78, 5) is 0. The Morgan fingerprint density at radius 3 is 2.93 bits per heavy atom. The summed E-state index contributed by atoms with van der Waals surface area (Å²) in [5, 5.41) is 7.94. The van der Waals surface area contributed by atoms with Crippen molar-refractivity contribution in [3.63, 3.8) is 0 Å². The number of nitrogens with zero attached hydrogens (tertiary/aromatic N) is 3. The highest BCUT2D eigenvalue weighted by molar-refractivity contribution is 6.30. The van der Waals surface area contributed by atoms with E-state index in [0.29, 0.717) is 0 Å². The molecule has 1 heterocycles. The average Bonchev–Trinajstić information content (AvgIpc) is 2.66. The highest BCUT2D eigenvalue weighted by Gasteiger charge is 2.02. The van der Waals surface area contributed by atoms with E-state index < -0.39 is 0 Å². The fourth-order valence-corrected chi connectivity index (χ4v) is 1.23. The molecule has 0 unspecified atom stereocenters. The maximum Gasteiger partial charge on any atom is 0.278 e. The number of nitrogen functional groups attached to an aromatic ring is 1. The van der Waals surface area contributed by atoms with Crippen molar-refractivity contribution in [3.05, 3.63) is 30.5 Å². The van der Waals surface area contributed by atoms with E-state index in [1.807, 2.05) is 44.7 Å². The Bertz CT molecular complexity index is 438. The monoisotopic (exact) mass is 185 g/mol. The van der Waals surface area contributed by atoms with Gasteiger partial charge >= 0.3 is 0 Å². The Balaban J connectivity index is 2.39. The van der Waals surface area contributed by atoms with Gasteiger partial charge in [-0.2, -0.15) is 0 Å². The SMILES string of the molecule is C[B]n1cc(-c2cccc(N)c2)nn1. The Hall–Kier alpha value is -1.78. The first-order chi connectivity index (χ1) is 6.79. The molecule has 1 aromatic heterocycles. The number of rotatable bonds is 2. The number of aromatic nitrogens is 3. The molecule has 0 fully saturated rings. The van der Waals surface area contributed by atoms with Crippen molar-refractivity contribution in [1.29, 1.82) is 0 Å². The van der Waals surface area contributed by atoms with Crippen LogP contribution in [0.5, 0.6) is 0 Å². The second kappa shape index (κ2) is 3.53. The third kappa shape index (κ3) is 1.61. The van der Waals surface area contributed by atoms with Gasteiger partial charge in [-0.1, -0.05) is 24.2 Å². The summed E-state index contributed by atoms with van der Waals surface area (Å²) >= 11 is 0. The minimum absolute atomic E-state index is 0.734. The van der Waals surface area contributed by atoms with Crippen molar-refractivity contribution in [3.8, 4) is 11.3 Å². The second-order valence-electron chi connectivity index (χ2n) is 2.97. The third-order valence-electron chi connectivity index (χ3n) is 1.96. The molecular weight excluding hydrogens is 175 g/mol. The van der Waals surface area contributed by atoms with E-state index in [9.17, 15) is 0 Å². The van der Waals surface area contributed by atoms with Crippen LogP contribution in [-0.2, 0) is 0 Å². The van der Waals surface area contributed by atoms with Crippen LogP contribution in [0, 0.1) is 0 Å². The normalized spacial score (nSPS) is 10.1. The molecule has 0 spiro atoms. The number of benzene rings is 1. The van der Waals surface area contributed by atoms with Crippen molar-refractivity contribution in [2.45, 2.75) is 6.82 Å². The first kappa shape index (κ1) is 8.81. The van der Waals surface area contributed by atoms with Crippen LogP contribution >= 0.6 is 0 Å². The van der Waals surface area contributed by atoms with Gasteiger partial charge in [-0.25, -0.2) is 0 Å². The molecule has 1 radical (unpaired) electrons. The van der Waals surface area contributed by atoms with Crippen molar-refractivity contribution < 1.29 is 0 Å². The smallest absolute Gasteiger partial charge is 0.278 e. The lowest BCUT2D eigenvalue weighted by atomic mass is 10.0. The fraction of sp³-hybridized carbons (Fsp3) is 0.111. The number of hydrogen-bond acceptors (Lipinski definition) is 3. The molecule has 0 saturated heterocycles. The molecule has 69 valence electrons. The van der Waals surface area contributed by atoms with E-state index in [2.05, 4.69) is 10.3 Å². The molecule has 4 nitrogen and oxygen atoms in total. The molecule has 0 aliphatic carbocycles. The lowest BCUT2D eigenvalue weighted by Gasteiger charge is -1.96. The zero-order chi connectivity index (χ0) is 9.97. The zero-order valence-electron chi connectivity index (χ0n) is 7.88. The molecule has 1 aromatic carbocycles. The van der Waals surface area contributed by atoms with Crippen molar-refractivity contribution >= 4 is 13.1 Å². The molecule has 2 rings (SSSR count). The van der Waals surface area contributed by atoms with Gasteiger partial charge in [0.2, 0.25) is 0 Å². The predicted octanol–water partition coefficient (Wildman–Crippen LogP) is 1.04. The maximum absolute atomic E-state index is 5.67. The van der Waals surface area contributed by atoms with Crippen LogP contribution in [0.15, 0.2) is 30.5 Å². The summed E-state index contributed by atoms with van der Waals surface area (Å²) in [5.74, 6) is 0. The predicted molar refractivity (Wildman–Crippen MR) is 56.9 cm³/mol. The van der Waals surface area contributed by atoms with Gasteiger partial charge < -0.3 is 10.3 Å². The van der Waals surface area contributed by atoms with Gasteiger partial charge in [-0.3, -0.25) is 0 Å². The number of nitrogens with two attached hydrogens (primary N) is 1. The lowest BCUT2D eigenvalue weighted by molar-refractivity contribution is 0.870. The topological polar surface area (TPSA) is 56.7 Å². The molecule has 0 aliphatic heterocycles. The van der Waals surface area contributed by atoms with Crippen molar-refractivity contribution in [2.75, 3.05) is 5.73 Å². The molecule has 14 heavy (non-hydrogen) atoms. The van der Waals surface area contributed by atoms with Gasteiger partial charge in [0.25, 0.3) is 7.41 Å². The van der Waals surface area contributed by atoms with Crippen molar-refractivity contribution in [1.82, 2.24) is 14.9 Å². The quantitative estimate of drug-likeness (QED) is 0.561. The van der Waals surface area contributed by atoms with Gasteiger partial charge in [0, 0.05) is 17.4 Å². The molecule has 0 amide bonds. The number of anilines is 1. The van der Waals surface area contributed by atoms with Crippen LogP contribution in [-0.4, -0.2) is 22.3 Å². The standard InChI is InChI=1S/C9H10BN4/c1-10-14-6-9(12-13-14)7-3-2-4-8(11)5-7/h2-6H,11H2,1H3. The zero-order valence-corrected chi connectivity index (χ0v) is 7.88. The summed E-state index contributed by atoms with van der Waals surface area (Å²) in [6.07, 6.45) is 1.86. The largest absolute Gasteiger partial charge is 0.399 e. The third-order valence-corrected chi connectivity index (χ3v) is 1.96. The Kier molecular flexibility index (Phi) is 2.22. The summed E-state index contributed by atoms with van der Waals surface area (Å²) in [5.41, 5.74) is 8.22.